The molecule has 208 valence electrons. The molecule has 3 aromatic carbocycles. The van der Waals surface area contributed by atoms with Gasteiger partial charge in [-0.15, -0.1) is 0 Å². The highest BCUT2D eigenvalue weighted by atomic mass is 16.5. The van der Waals surface area contributed by atoms with E-state index in [2.05, 4.69) is 24.3 Å². The zero-order valence-corrected chi connectivity index (χ0v) is 23.1. The normalized spacial score (nSPS) is 16.5. The first-order chi connectivity index (χ1) is 19.8. The van der Waals surface area contributed by atoms with Crippen LogP contribution in [0.15, 0.2) is 89.9 Å². The SMILES string of the molecule is CC(C)N1C[C@H](C2c3ccccc3CCc3ccccc32)n2cc(C(=O)O)c(=O)c(OCc3ccccc3)c2C1=O. The Balaban J connectivity index is 1.61. The fourth-order valence-electron chi connectivity index (χ4n) is 6.30. The topological polar surface area (TPSA) is 88.8 Å². The predicted molar refractivity (Wildman–Crippen MR) is 156 cm³/mol. The Morgan fingerprint density at radius 3 is 2.07 bits per heavy atom. The van der Waals surface area contributed by atoms with Gasteiger partial charge in [-0.05, 0) is 54.5 Å². The zero-order valence-electron chi connectivity index (χ0n) is 23.1. The van der Waals surface area contributed by atoms with Crippen LogP contribution in [0.3, 0.4) is 0 Å². The standard InChI is InChI=1S/C34H32N2O5/c1-21(2)35-19-28(29-25-14-8-6-12-23(25)16-17-24-13-7-9-15-26(24)29)36-18-27(34(39)40)31(37)32(30(36)33(35)38)41-20-22-10-4-3-5-11-22/h3-15,18,21,28-29H,16-17,19-20H2,1-2H3,(H,39,40)/t28-/m1/s1. The molecule has 1 amide bonds. The number of ether oxygens (including phenoxy) is 1. The second kappa shape index (κ2) is 10.7. The molecule has 1 N–H and O–H groups in total. The number of amides is 1. The van der Waals surface area contributed by atoms with Gasteiger partial charge in [-0.3, -0.25) is 9.59 Å². The summed E-state index contributed by atoms with van der Waals surface area (Å²) >= 11 is 0. The number of benzene rings is 3. The van der Waals surface area contributed by atoms with Gasteiger partial charge in [0.25, 0.3) is 5.91 Å². The molecular formula is C34H32N2O5. The zero-order chi connectivity index (χ0) is 28.7. The number of hydrogen-bond donors (Lipinski definition) is 1. The summed E-state index contributed by atoms with van der Waals surface area (Å²) < 4.78 is 7.78. The number of carbonyl (C=O) groups excluding carboxylic acids is 1. The minimum atomic E-state index is -1.35. The van der Waals surface area contributed by atoms with Crippen LogP contribution in [-0.4, -0.2) is 39.0 Å². The van der Waals surface area contributed by atoms with Crippen LogP contribution in [0.5, 0.6) is 5.75 Å². The van der Waals surface area contributed by atoms with Crippen LogP contribution in [0, 0.1) is 0 Å². The van der Waals surface area contributed by atoms with Gasteiger partial charge in [-0.25, -0.2) is 4.79 Å². The van der Waals surface area contributed by atoms with Crippen molar-refractivity contribution in [2.24, 2.45) is 0 Å². The molecule has 4 aromatic rings. The molecule has 1 atom stereocenters. The van der Waals surface area contributed by atoms with Crippen LogP contribution in [0.1, 0.15) is 74.5 Å². The molecule has 0 spiro atoms. The highest BCUT2D eigenvalue weighted by molar-refractivity contribution is 5.98. The molecule has 2 heterocycles. The van der Waals surface area contributed by atoms with Crippen molar-refractivity contribution >= 4 is 11.9 Å². The number of carbonyl (C=O) groups is 2. The molecule has 0 bridgehead atoms. The molecule has 0 unspecified atom stereocenters. The second-order valence-electron chi connectivity index (χ2n) is 11.0. The van der Waals surface area contributed by atoms with E-state index in [0.717, 1.165) is 29.5 Å². The highest BCUT2D eigenvalue weighted by Crippen LogP contribution is 2.44. The first-order valence-corrected chi connectivity index (χ1v) is 14.0. The average Bonchev–Trinajstić information content (AvgIpc) is 3.14. The van der Waals surface area contributed by atoms with Gasteiger partial charge in [0.15, 0.2) is 11.4 Å². The maximum absolute atomic E-state index is 14.0. The number of aryl methyl sites for hydroxylation is 2. The number of rotatable bonds is 6. The summed E-state index contributed by atoms with van der Waals surface area (Å²) in [5, 5.41) is 10.1. The van der Waals surface area contributed by atoms with Crippen molar-refractivity contribution in [1.82, 2.24) is 9.47 Å². The van der Waals surface area contributed by atoms with Crippen LogP contribution in [0.2, 0.25) is 0 Å². The minimum Gasteiger partial charge on any atom is -0.483 e. The van der Waals surface area contributed by atoms with Crippen LogP contribution in [-0.2, 0) is 19.4 Å². The van der Waals surface area contributed by atoms with Crippen molar-refractivity contribution in [3.8, 4) is 5.75 Å². The number of carboxylic acid groups (broad SMARTS) is 1. The number of aromatic carboxylic acids is 1. The smallest absolute Gasteiger partial charge is 0.341 e. The molecular weight excluding hydrogens is 516 g/mol. The van der Waals surface area contributed by atoms with Crippen molar-refractivity contribution in [1.29, 1.82) is 0 Å². The van der Waals surface area contributed by atoms with Crippen molar-refractivity contribution in [3.63, 3.8) is 0 Å². The van der Waals surface area contributed by atoms with Crippen LogP contribution in [0.25, 0.3) is 0 Å². The van der Waals surface area contributed by atoms with E-state index in [4.69, 9.17) is 4.74 Å². The maximum Gasteiger partial charge on any atom is 0.341 e. The summed E-state index contributed by atoms with van der Waals surface area (Å²) in [6, 6.07) is 25.5. The molecule has 7 heteroatoms. The average molecular weight is 549 g/mol. The van der Waals surface area contributed by atoms with E-state index >= 15 is 0 Å². The van der Waals surface area contributed by atoms with Crippen LogP contribution in [0.4, 0.5) is 0 Å². The molecule has 6 rings (SSSR count). The van der Waals surface area contributed by atoms with Crippen molar-refractivity contribution in [2.45, 2.75) is 51.3 Å². The number of nitrogens with zero attached hydrogens (tertiary/aromatic N) is 2. The third kappa shape index (κ3) is 4.71. The Hall–Kier alpha value is -4.65. The number of hydrogen-bond acceptors (Lipinski definition) is 4. The number of carboxylic acids is 1. The Labute approximate surface area is 238 Å². The number of aromatic nitrogens is 1. The molecule has 0 radical (unpaired) electrons. The van der Waals surface area contributed by atoms with E-state index in [0.29, 0.717) is 6.54 Å². The number of fused-ring (bicyclic) bond motifs is 3. The van der Waals surface area contributed by atoms with E-state index in [9.17, 15) is 19.5 Å². The summed E-state index contributed by atoms with van der Waals surface area (Å²) in [6.45, 7) is 4.29. The van der Waals surface area contributed by atoms with Gasteiger partial charge in [0, 0.05) is 24.7 Å². The summed E-state index contributed by atoms with van der Waals surface area (Å²) in [5.74, 6) is -2.09. The molecule has 1 aliphatic heterocycles. The van der Waals surface area contributed by atoms with E-state index in [1.165, 1.54) is 17.3 Å². The Morgan fingerprint density at radius 2 is 1.49 bits per heavy atom. The van der Waals surface area contributed by atoms with Gasteiger partial charge in [-0.1, -0.05) is 78.9 Å². The lowest BCUT2D eigenvalue weighted by molar-refractivity contribution is 0.0577. The van der Waals surface area contributed by atoms with Crippen molar-refractivity contribution in [2.75, 3.05) is 6.54 Å². The molecule has 7 nitrogen and oxygen atoms in total. The molecule has 0 fully saturated rings. The van der Waals surface area contributed by atoms with Gasteiger partial charge in [0.05, 0.1) is 6.04 Å². The molecule has 1 aromatic heterocycles. The van der Waals surface area contributed by atoms with Gasteiger partial charge in [-0.2, -0.15) is 0 Å². The largest absolute Gasteiger partial charge is 0.483 e. The third-order valence-electron chi connectivity index (χ3n) is 8.31. The molecule has 41 heavy (non-hydrogen) atoms. The molecule has 0 saturated heterocycles. The summed E-state index contributed by atoms with van der Waals surface area (Å²) in [5.41, 5.74) is 4.44. The molecule has 0 saturated carbocycles. The lowest BCUT2D eigenvalue weighted by atomic mass is 9.81. The van der Waals surface area contributed by atoms with Crippen LogP contribution < -0.4 is 10.2 Å². The summed E-state index contributed by atoms with van der Waals surface area (Å²) in [4.78, 5) is 41.7. The van der Waals surface area contributed by atoms with Crippen LogP contribution >= 0.6 is 0 Å². The van der Waals surface area contributed by atoms with Gasteiger partial charge >= 0.3 is 5.97 Å². The van der Waals surface area contributed by atoms with E-state index < -0.39 is 17.0 Å². The van der Waals surface area contributed by atoms with E-state index in [-0.39, 0.29) is 42.0 Å². The summed E-state index contributed by atoms with van der Waals surface area (Å²) in [7, 11) is 0. The molecule has 2 aliphatic rings. The Bertz CT molecular complexity index is 1640. The quantitative estimate of drug-likeness (QED) is 0.346. The van der Waals surface area contributed by atoms with Crippen molar-refractivity contribution < 1.29 is 19.4 Å². The Morgan fingerprint density at radius 1 is 0.902 bits per heavy atom. The third-order valence-corrected chi connectivity index (χ3v) is 8.31. The van der Waals surface area contributed by atoms with Gasteiger partial charge in [0.2, 0.25) is 5.43 Å². The van der Waals surface area contributed by atoms with Crippen molar-refractivity contribution in [3.05, 3.63) is 134 Å². The maximum atomic E-state index is 14.0. The monoisotopic (exact) mass is 548 g/mol. The fraction of sp³-hybridized carbons (Fsp3) is 0.265. The lowest BCUT2D eigenvalue weighted by Gasteiger charge is -2.42. The van der Waals surface area contributed by atoms with Gasteiger partial charge < -0.3 is 19.3 Å². The first kappa shape index (κ1) is 26.6. The van der Waals surface area contributed by atoms with E-state index in [1.54, 1.807) is 9.47 Å². The van der Waals surface area contributed by atoms with Gasteiger partial charge in [0.1, 0.15) is 12.2 Å². The number of pyridine rings is 1. The predicted octanol–water partition coefficient (Wildman–Crippen LogP) is 5.46. The fourth-order valence-corrected chi connectivity index (χ4v) is 6.30. The Kier molecular flexibility index (Phi) is 6.95. The minimum absolute atomic E-state index is 0.0286. The highest BCUT2D eigenvalue weighted by Gasteiger charge is 2.42. The lowest BCUT2D eigenvalue weighted by Crippen LogP contribution is -2.49. The summed E-state index contributed by atoms with van der Waals surface area (Å²) in [6.07, 6.45) is 3.11. The molecule has 1 aliphatic carbocycles. The first-order valence-electron chi connectivity index (χ1n) is 14.0. The second-order valence-corrected chi connectivity index (χ2v) is 11.0. The van der Waals surface area contributed by atoms with E-state index in [1.807, 2.05) is 68.4 Å².